The Balaban J connectivity index is 1.83. The van der Waals surface area contributed by atoms with E-state index >= 15 is 0 Å². The van der Waals surface area contributed by atoms with Gasteiger partial charge in [-0.05, 0) is 29.7 Å². The van der Waals surface area contributed by atoms with E-state index in [0.717, 1.165) is 35.3 Å². The molecule has 0 aromatic heterocycles. The van der Waals surface area contributed by atoms with Crippen molar-refractivity contribution < 1.29 is 9.59 Å². The predicted molar refractivity (Wildman–Crippen MR) is 126 cm³/mol. The Kier molecular flexibility index (Phi) is 5.10. The van der Waals surface area contributed by atoms with Crippen LogP contribution in [0, 0.1) is 5.92 Å². The van der Waals surface area contributed by atoms with Crippen LogP contribution in [-0.4, -0.2) is 28.8 Å². The highest BCUT2D eigenvalue weighted by molar-refractivity contribution is 6.45. The number of unbranched alkanes of at least 4 members (excludes halogenated alkanes) is 1. The number of carbonyl (C=O) groups excluding carboxylic acids is 2. The number of anilines is 1. The average Bonchev–Trinajstić information content (AvgIpc) is 2.96. The first-order valence-corrected chi connectivity index (χ1v) is 11.1. The van der Waals surface area contributed by atoms with E-state index in [0.29, 0.717) is 12.3 Å². The minimum Gasteiger partial charge on any atom is -0.356 e. The number of likely N-dealkylation sites (tertiary alicyclic amines) is 1. The molecule has 0 radical (unpaired) electrons. The molecule has 5 rings (SSSR count). The molecule has 3 aromatic rings. The van der Waals surface area contributed by atoms with E-state index in [9.17, 15) is 9.59 Å². The Morgan fingerprint density at radius 1 is 0.906 bits per heavy atom. The van der Waals surface area contributed by atoms with Crippen molar-refractivity contribution in [1.82, 2.24) is 4.90 Å². The maximum atomic E-state index is 13.7. The van der Waals surface area contributed by atoms with Crippen molar-refractivity contribution in [2.24, 2.45) is 10.9 Å². The maximum absolute atomic E-state index is 13.7. The van der Waals surface area contributed by atoms with Gasteiger partial charge in [0, 0.05) is 6.54 Å². The van der Waals surface area contributed by atoms with Crippen molar-refractivity contribution in [3.63, 3.8) is 0 Å². The van der Waals surface area contributed by atoms with Gasteiger partial charge < -0.3 is 10.2 Å². The lowest BCUT2D eigenvalue weighted by Gasteiger charge is -2.42. The zero-order valence-electron chi connectivity index (χ0n) is 18.0. The number of Topliss-reactive ketones (excluding diaryl/α,β-unsaturated/α-hetero) is 1. The first kappa shape index (κ1) is 20.2. The number of nitrogens with one attached hydrogen (secondary N) is 1. The number of hydrogen-bond acceptors (Lipinski definition) is 4. The molecule has 0 aliphatic carbocycles. The molecule has 1 saturated heterocycles. The third kappa shape index (κ3) is 3.04. The van der Waals surface area contributed by atoms with Crippen LogP contribution in [0.15, 0.2) is 89.9 Å². The number of para-hydroxylation sites is 2. The van der Waals surface area contributed by atoms with Crippen LogP contribution in [0.4, 0.5) is 11.4 Å². The highest BCUT2D eigenvalue weighted by atomic mass is 16.2. The molecule has 1 amide bonds. The van der Waals surface area contributed by atoms with Crippen LogP contribution in [0.25, 0.3) is 0 Å². The van der Waals surface area contributed by atoms with Crippen LogP contribution in [0.1, 0.15) is 30.9 Å². The number of benzene rings is 3. The molecule has 160 valence electrons. The topological polar surface area (TPSA) is 61.8 Å². The number of aliphatic imine (C=N–C) groups is 1. The van der Waals surface area contributed by atoms with Gasteiger partial charge in [-0.25, -0.2) is 4.99 Å². The van der Waals surface area contributed by atoms with E-state index in [1.165, 1.54) is 0 Å². The van der Waals surface area contributed by atoms with Crippen LogP contribution in [0.5, 0.6) is 0 Å². The Labute approximate surface area is 187 Å². The van der Waals surface area contributed by atoms with E-state index in [4.69, 9.17) is 4.99 Å². The molecule has 2 aliphatic heterocycles. The van der Waals surface area contributed by atoms with Gasteiger partial charge in [0.05, 0.1) is 17.1 Å². The zero-order chi connectivity index (χ0) is 22.1. The van der Waals surface area contributed by atoms with E-state index < -0.39 is 23.3 Å². The number of carbonyl (C=O) groups is 2. The Hall–Kier alpha value is -3.73. The van der Waals surface area contributed by atoms with Crippen LogP contribution < -0.4 is 5.32 Å². The van der Waals surface area contributed by atoms with E-state index in [1.807, 2.05) is 84.9 Å². The second kappa shape index (κ2) is 8.08. The first-order valence-electron chi connectivity index (χ1n) is 11.1. The second-order valence-electron chi connectivity index (χ2n) is 8.25. The van der Waals surface area contributed by atoms with Crippen LogP contribution in [-0.2, 0) is 15.3 Å². The Morgan fingerprint density at radius 2 is 1.56 bits per heavy atom. The summed E-state index contributed by atoms with van der Waals surface area (Å²) in [5, 5.41) is 3.64. The summed E-state index contributed by atoms with van der Waals surface area (Å²) >= 11 is 0. The van der Waals surface area contributed by atoms with Crippen LogP contribution in [0.3, 0.4) is 0 Å². The Morgan fingerprint density at radius 3 is 2.28 bits per heavy atom. The summed E-state index contributed by atoms with van der Waals surface area (Å²) in [5.74, 6) is -1.65. The minimum absolute atomic E-state index is 0.423. The Bertz CT molecular complexity index is 1190. The van der Waals surface area contributed by atoms with Crippen molar-refractivity contribution in [2.45, 2.75) is 25.4 Å². The predicted octanol–water partition coefficient (Wildman–Crippen LogP) is 4.91. The molecule has 0 spiro atoms. The smallest absolute Gasteiger partial charge is 0.293 e. The lowest BCUT2D eigenvalue weighted by molar-refractivity contribution is -0.141. The standard InChI is InChI=1S/C27H25N3O2/c1-2-3-18-30-26(32)25(31)23-24(19-12-6-4-7-13-19)28-21-16-10-11-17-22(21)29-27(23,30)20-14-8-5-9-15-20/h4-17,23,29H,2-3,18H2,1H3. The van der Waals surface area contributed by atoms with Crippen molar-refractivity contribution >= 4 is 28.8 Å². The fourth-order valence-corrected chi connectivity index (χ4v) is 4.82. The number of ketones is 1. The van der Waals surface area contributed by atoms with Crippen molar-refractivity contribution in [2.75, 3.05) is 11.9 Å². The van der Waals surface area contributed by atoms with Crippen molar-refractivity contribution in [3.05, 3.63) is 96.1 Å². The largest absolute Gasteiger partial charge is 0.356 e. The van der Waals surface area contributed by atoms with Crippen molar-refractivity contribution in [1.29, 1.82) is 0 Å². The first-order chi connectivity index (χ1) is 15.7. The third-order valence-corrected chi connectivity index (χ3v) is 6.32. The molecule has 0 bridgehead atoms. The molecular weight excluding hydrogens is 398 g/mol. The summed E-state index contributed by atoms with van der Waals surface area (Å²) < 4.78 is 0. The summed E-state index contributed by atoms with van der Waals surface area (Å²) in [7, 11) is 0. The number of rotatable bonds is 5. The average molecular weight is 424 g/mol. The molecule has 2 atom stereocenters. The highest BCUT2D eigenvalue weighted by Crippen LogP contribution is 2.48. The van der Waals surface area contributed by atoms with Crippen LogP contribution >= 0.6 is 0 Å². The van der Waals surface area contributed by atoms with E-state index in [2.05, 4.69) is 12.2 Å². The molecule has 5 nitrogen and oxygen atoms in total. The van der Waals surface area contributed by atoms with Gasteiger partial charge in [0.1, 0.15) is 5.92 Å². The minimum atomic E-state index is -1.05. The fourth-order valence-electron chi connectivity index (χ4n) is 4.82. The van der Waals surface area contributed by atoms with Gasteiger partial charge in [0.25, 0.3) is 5.91 Å². The SMILES string of the molecule is CCCCN1C(=O)C(=O)C2C(c3ccccc3)=Nc3ccccc3NC21c1ccccc1. The third-order valence-electron chi connectivity index (χ3n) is 6.32. The highest BCUT2D eigenvalue weighted by Gasteiger charge is 2.62. The normalized spacial score (nSPS) is 22.0. The number of amides is 1. The molecule has 2 aliphatic rings. The van der Waals surface area contributed by atoms with Crippen molar-refractivity contribution in [3.8, 4) is 0 Å². The number of hydrogen-bond donors (Lipinski definition) is 1. The molecular formula is C27H25N3O2. The van der Waals surface area contributed by atoms with Gasteiger partial charge in [0.15, 0.2) is 5.66 Å². The maximum Gasteiger partial charge on any atom is 0.293 e. The van der Waals surface area contributed by atoms with Crippen LogP contribution in [0.2, 0.25) is 0 Å². The van der Waals surface area contributed by atoms with Gasteiger partial charge >= 0.3 is 0 Å². The molecule has 32 heavy (non-hydrogen) atoms. The second-order valence-corrected chi connectivity index (χ2v) is 8.25. The molecule has 0 saturated carbocycles. The zero-order valence-corrected chi connectivity index (χ0v) is 18.0. The number of nitrogens with zero attached hydrogens (tertiary/aromatic N) is 2. The summed E-state index contributed by atoms with van der Waals surface area (Å²) in [5.41, 5.74) is 2.84. The molecule has 1 fully saturated rings. The van der Waals surface area contributed by atoms with E-state index in [-0.39, 0.29) is 0 Å². The van der Waals surface area contributed by atoms with Gasteiger partial charge in [-0.3, -0.25) is 9.59 Å². The molecule has 5 heteroatoms. The lowest BCUT2D eigenvalue weighted by atomic mass is 9.80. The van der Waals surface area contributed by atoms with Gasteiger partial charge in [-0.2, -0.15) is 0 Å². The summed E-state index contributed by atoms with van der Waals surface area (Å²) in [6.07, 6.45) is 1.73. The summed E-state index contributed by atoms with van der Waals surface area (Å²) in [6, 6.07) is 27.3. The number of fused-ring (bicyclic) bond motifs is 2. The van der Waals surface area contributed by atoms with E-state index in [1.54, 1.807) is 4.90 Å². The summed E-state index contributed by atoms with van der Waals surface area (Å²) in [6.45, 7) is 2.57. The molecule has 2 heterocycles. The quantitative estimate of drug-likeness (QED) is 0.593. The van der Waals surface area contributed by atoms with Gasteiger partial charge in [-0.1, -0.05) is 86.1 Å². The monoisotopic (exact) mass is 423 g/mol. The van der Waals surface area contributed by atoms with Gasteiger partial charge in [-0.15, -0.1) is 0 Å². The molecule has 1 N–H and O–H groups in total. The van der Waals surface area contributed by atoms with Gasteiger partial charge in [0.2, 0.25) is 5.78 Å². The fraction of sp³-hybridized carbons (Fsp3) is 0.222. The lowest BCUT2D eigenvalue weighted by Crippen LogP contribution is -2.54. The molecule has 2 unspecified atom stereocenters. The molecule has 3 aromatic carbocycles. The summed E-state index contributed by atoms with van der Waals surface area (Å²) in [4.78, 5) is 33.8.